The van der Waals surface area contributed by atoms with Gasteiger partial charge in [0.25, 0.3) is 0 Å². The molecule has 0 unspecified atom stereocenters. The third kappa shape index (κ3) is 5.02. The van der Waals surface area contributed by atoms with Gasteiger partial charge in [0.2, 0.25) is 10.0 Å². The Hall–Kier alpha value is -2.97. The lowest BCUT2D eigenvalue weighted by Crippen LogP contribution is -2.42. The van der Waals surface area contributed by atoms with Crippen molar-refractivity contribution in [3.63, 3.8) is 0 Å². The number of fused-ring (bicyclic) bond motifs is 3. The second-order valence-electron chi connectivity index (χ2n) is 8.41. The van der Waals surface area contributed by atoms with Crippen molar-refractivity contribution < 1.29 is 22.4 Å². The zero-order valence-electron chi connectivity index (χ0n) is 18.7. The number of sulfonamides is 1. The first-order valence-electron chi connectivity index (χ1n) is 11.2. The minimum atomic E-state index is -3.90. The van der Waals surface area contributed by atoms with Crippen LogP contribution in [0.4, 0.5) is 0 Å². The normalized spacial score (nSPS) is 14.2. The topological polar surface area (TPSA) is 103 Å². The molecule has 0 bridgehead atoms. The number of nitrogens with one attached hydrogen (secondary N) is 1. The maximum absolute atomic E-state index is 12.9. The van der Waals surface area contributed by atoms with E-state index in [1.54, 1.807) is 24.3 Å². The van der Waals surface area contributed by atoms with Crippen LogP contribution in [0.1, 0.15) is 49.3 Å². The van der Waals surface area contributed by atoms with Crippen molar-refractivity contribution in [2.24, 2.45) is 0 Å². The maximum Gasteiger partial charge on any atom is 0.339 e. The molecule has 1 aromatic heterocycles. The average Bonchev–Trinajstić information content (AvgIpc) is 3.27. The average molecular weight is 470 g/mol. The number of unbranched alkanes of at least 4 members (excludes halogenated alkanes) is 1. The Kier molecular flexibility index (Phi) is 6.67. The van der Waals surface area contributed by atoms with Gasteiger partial charge in [-0.15, -0.1) is 0 Å². The maximum atomic E-state index is 12.9. The van der Waals surface area contributed by atoms with Crippen LogP contribution in [0.5, 0.6) is 5.75 Å². The lowest BCUT2D eigenvalue weighted by molar-refractivity contribution is -0.136. The third-order valence-corrected chi connectivity index (χ3v) is 7.41. The second kappa shape index (κ2) is 9.49. The molecule has 0 aliphatic heterocycles. The summed E-state index contributed by atoms with van der Waals surface area (Å²) >= 11 is 0. The first-order chi connectivity index (χ1) is 15.8. The fraction of sp³-hybridized carbons (Fsp3) is 0.360. The van der Waals surface area contributed by atoms with Crippen molar-refractivity contribution in [1.82, 2.24) is 4.72 Å². The van der Waals surface area contributed by atoms with Crippen LogP contribution < -0.4 is 15.1 Å². The van der Waals surface area contributed by atoms with Crippen molar-refractivity contribution in [1.29, 1.82) is 0 Å². The molecule has 0 amide bonds. The van der Waals surface area contributed by atoms with Gasteiger partial charge < -0.3 is 9.15 Å². The molecule has 8 heteroatoms. The van der Waals surface area contributed by atoms with Gasteiger partial charge in [-0.1, -0.05) is 37.5 Å². The van der Waals surface area contributed by atoms with E-state index in [4.69, 9.17) is 9.15 Å². The van der Waals surface area contributed by atoms with Crippen LogP contribution in [0, 0.1) is 6.92 Å². The van der Waals surface area contributed by atoms with Gasteiger partial charge in [0.1, 0.15) is 17.4 Å². The molecule has 0 fully saturated rings. The largest absolute Gasteiger partial charge is 0.425 e. The fourth-order valence-corrected chi connectivity index (χ4v) is 5.34. The molecule has 4 rings (SSSR count). The summed E-state index contributed by atoms with van der Waals surface area (Å²) in [6.07, 6.45) is 4.19. The van der Waals surface area contributed by atoms with Gasteiger partial charge in [0.05, 0.1) is 4.90 Å². The SMILES string of the molecule is CCCC[C@H](NS(=O)(=O)c1ccc(C)cc1)C(=O)Oc1ccc2c3c(c(=O)oc2c1)CCC3. The molecule has 0 spiro atoms. The molecule has 0 saturated carbocycles. The molecule has 3 aromatic rings. The van der Waals surface area contributed by atoms with E-state index in [0.717, 1.165) is 41.3 Å². The standard InChI is InChI=1S/C25H27NO6S/c1-3-4-8-22(26-33(29,30)18-12-9-16(2)10-13-18)25(28)31-17-11-14-20-19-6-5-7-21(19)24(27)32-23(20)15-17/h9-15,22,26H,3-8H2,1-2H3/t22-/m0/s1. The summed E-state index contributed by atoms with van der Waals surface area (Å²) in [5.74, 6) is -0.508. The number of aryl methyl sites for hydroxylation is 2. The number of hydrogen-bond acceptors (Lipinski definition) is 6. The molecule has 2 aromatic carbocycles. The van der Waals surface area contributed by atoms with E-state index >= 15 is 0 Å². The number of hydrogen-bond donors (Lipinski definition) is 1. The zero-order valence-corrected chi connectivity index (χ0v) is 19.5. The van der Waals surface area contributed by atoms with Crippen LogP contribution in [-0.2, 0) is 27.7 Å². The van der Waals surface area contributed by atoms with Crippen LogP contribution in [0.3, 0.4) is 0 Å². The monoisotopic (exact) mass is 469 g/mol. The zero-order chi connectivity index (χ0) is 23.6. The van der Waals surface area contributed by atoms with E-state index in [0.29, 0.717) is 24.8 Å². The molecular weight excluding hydrogens is 442 g/mol. The number of esters is 1. The van der Waals surface area contributed by atoms with Crippen molar-refractivity contribution in [2.75, 3.05) is 0 Å². The van der Waals surface area contributed by atoms with E-state index < -0.39 is 22.0 Å². The minimum absolute atomic E-state index is 0.0868. The Balaban J connectivity index is 1.57. The summed E-state index contributed by atoms with van der Waals surface area (Å²) in [7, 11) is -3.90. The van der Waals surface area contributed by atoms with Gasteiger partial charge in [-0.3, -0.25) is 0 Å². The fourth-order valence-electron chi connectivity index (χ4n) is 4.12. The van der Waals surface area contributed by atoms with Gasteiger partial charge in [-0.2, -0.15) is 4.72 Å². The van der Waals surface area contributed by atoms with E-state index in [9.17, 15) is 18.0 Å². The Morgan fingerprint density at radius 2 is 1.85 bits per heavy atom. The van der Waals surface area contributed by atoms with E-state index in [2.05, 4.69) is 4.72 Å². The Bertz CT molecular complexity index is 1340. The van der Waals surface area contributed by atoms with Gasteiger partial charge in [-0.05, 0) is 62.4 Å². The predicted octanol–water partition coefficient (Wildman–Crippen LogP) is 4.03. The molecule has 174 valence electrons. The lowest BCUT2D eigenvalue weighted by atomic mass is 10.1. The third-order valence-electron chi connectivity index (χ3n) is 5.92. The summed E-state index contributed by atoms with van der Waals surface area (Å²) < 4.78 is 39.1. The highest BCUT2D eigenvalue weighted by molar-refractivity contribution is 7.89. The second-order valence-corrected chi connectivity index (χ2v) is 10.1. The summed E-state index contributed by atoms with van der Waals surface area (Å²) in [6.45, 7) is 3.83. The number of rotatable bonds is 8. The molecule has 7 nitrogen and oxygen atoms in total. The van der Waals surface area contributed by atoms with Crippen LogP contribution in [0.15, 0.2) is 56.6 Å². The molecule has 1 N–H and O–H groups in total. The number of carbonyl (C=O) groups excluding carboxylic acids is 1. The Morgan fingerprint density at radius 3 is 2.58 bits per heavy atom. The summed E-state index contributed by atoms with van der Waals surface area (Å²) in [6, 6.07) is 10.3. The van der Waals surface area contributed by atoms with Gasteiger partial charge in [0, 0.05) is 17.0 Å². The minimum Gasteiger partial charge on any atom is -0.425 e. The van der Waals surface area contributed by atoms with Gasteiger partial charge in [-0.25, -0.2) is 18.0 Å². The van der Waals surface area contributed by atoms with Crippen LogP contribution in [0.2, 0.25) is 0 Å². The van der Waals surface area contributed by atoms with Crippen molar-refractivity contribution >= 4 is 27.0 Å². The quantitative estimate of drug-likeness (QED) is 0.304. The molecule has 1 heterocycles. The van der Waals surface area contributed by atoms with Crippen LogP contribution in [-0.4, -0.2) is 20.4 Å². The molecule has 1 aliphatic rings. The highest BCUT2D eigenvalue weighted by atomic mass is 32.2. The van der Waals surface area contributed by atoms with E-state index in [-0.39, 0.29) is 16.3 Å². The molecule has 33 heavy (non-hydrogen) atoms. The van der Waals surface area contributed by atoms with Crippen molar-refractivity contribution in [3.8, 4) is 5.75 Å². The van der Waals surface area contributed by atoms with Crippen molar-refractivity contribution in [2.45, 2.75) is 63.3 Å². The molecule has 1 atom stereocenters. The van der Waals surface area contributed by atoms with Crippen LogP contribution in [0.25, 0.3) is 11.0 Å². The van der Waals surface area contributed by atoms with E-state index in [1.807, 2.05) is 13.8 Å². The van der Waals surface area contributed by atoms with Crippen LogP contribution >= 0.6 is 0 Å². The van der Waals surface area contributed by atoms with Crippen molar-refractivity contribution in [3.05, 3.63) is 69.6 Å². The summed E-state index contributed by atoms with van der Waals surface area (Å²) in [5.41, 5.74) is 2.65. The smallest absolute Gasteiger partial charge is 0.339 e. The highest BCUT2D eigenvalue weighted by Crippen LogP contribution is 2.30. The highest BCUT2D eigenvalue weighted by Gasteiger charge is 2.27. The molecule has 0 radical (unpaired) electrons. The number of carbonyl (C=O) groups is 1. The molecule has 1 aliphatic carbocycles. The number of ether oxygens (including phenoxy) is 1. The van der Waals surface area contributed by atoms with Gasteiger partial charge in [0.15, 0.2) is 0 Å². The molecular formula is C25H27NO6S. The summed E-state index contributed by atoms with van der Waals surface area (Å²) in [4.78, 5) is 25.3. The molecule has 0 saturated heterocycles. The lowest BCUT2D eigenvalue weighted by Gasteiger charge is -2.18. The first kappa shape index (κ1) is 23.2. The summed E-state index contributed by atoms with van der Waals surface area (Å²) in [5, 5.41) is 0.838. The Labute approximate surface area is 192 Å². The number of benzene rings is 2. The van der Waals surface area contributed by atoms with E-state index in [1.165, 1.54) is 18.2 Å². The first-order valence-corrected chi connectivity index (χ1v) is 12.7. The Morgan fingerprint density at radius 1 is 1.12 bits per heavy atom. The van der Waals surface area contributed by atoms with Gasteiger partial charge >= 0.3 is 11.6 Å². The predicted molar refractivity (Wildman–Crippen MR) is 125 cm³/mol.